The number of carbonyl (C=O) groups excluding carboxylic acids is 1. The van der Waals surface area contributed by atoms with Crippen LogP contribution >= 0.6 is 35.0 Å². The van der Waals surface area contributed by atoms with E-state index in [9.17, 15) is 4.79 Å². The number of hydrogen-bond donors (Lipinski definition) is 1. The second kappa shape index (κ2) is 7.02. The Balaban J connectivity index is 2.26. The third kappa shape index (κ3) is 3.69. The van der Waals surface area contributed by atoms with Crippen LogP contribution in [0.15, 0.2) is 47.4 Å². The van der Waals surface area contributed by atoms with Gasteiger partial charge in [-0.3, -0.25) is 4.79 Å². The average Bonchev–Trinajstić information content (AvgIpc) is 2.44. The van der Waals surface area contributed by atoms with Gasteiger partial charge in [0.15, 0.2) is 0 Å². The van der Waals surface area contributed by atoms with Crippen molar-refractivity contribution in [3.63, 3.8) is 0 Å². The van der Waals surface area contributed by atoms with E-state index in [0.29, 0.717) is 21.3 Å². The Bertz CT molecular complexity index is 631. The SMILES string of the molecule is CCSc1ccccc1C(=O)Nc1cc(Cl)ccc1Cl. The summed E-state index contributed by atoms with van der Waals surface area (Å²) in [6, 6.07) is 12.5. The molecular formula is C15H13Cl2NOS. The number of anilines is 1. The van der Waals surface area contributed by atoms with Crippen molar-refractivity contribution in [1.82, 2.24) is 0 Å². The molecule has 0 saturated carbocycles. The van der Waals surface area contributed by atoms with Gasteiger partial charge in [0.25, 0.3) is 5.91 Å². The molecule has 0 bridgehead atoms. The fourth-order valence-corrected chi connectivity index (χ4v) is 2.86. The van der Waals surface area contributed by atoms with Crippen LogP contribution in [0.25, 0.3) is 0 Å². The van der Waals surface area contributed by atoms with Gasteiger partial charge in [0.1, 0.15) is 0 Å². The summed E-state index contributed by atoms with van der Waals surface area (Å²) < 4.78 is 0. The first-order chi connectivity index (χ1) is 9.61. The van der Waals surface area contributed by atoms with Crippen LogP contribution in [0.4, 0.5) is 5.69 Å². The van der Waals surface area contributed by atoms with Crippen LogP contribution in [0.1, 0.15) is 17.3 Å². The van der Waals surface area contributed by atoms with E-state index in [1.54, 1.807) is 36.0 Å². The standard InChI is InChI=1S/C15H13Cl2NOS/c1-2-20-14-6-4-3-5-11(14)15(19)18-13-9-10(16)7-8-12(13)17/h3-9H,2H2,1H3,(H,18,19). The molecule has 0 fully saturated rings. The summed E-state index contributed by atoms with van der Waals surface area (Å²) in [5.74, 6) is 0.716. The number of amides is 1. The first kappa shape index (κ1) is 15.2. The molecule has 0 heterocycles. The summed E-state index contributed by atoms with van der Waals surface area (Å²) in [4.78, 5) is 13.3. The Labute approximate surface area is 132 Å². The monoisotopic (exact) mass is 325 g/mol. The van der Waals surface area contributed by atoms with Crippen molar-refractivity contribution in [2.45, 2.75) is 11.8 Å². The molecule has 0 radical (unpaired) electrons. The maximum absolute atomic E-state index is 12.3. The summed E-state index contributed by atoms with van der Waals surface area (Å²) in [6.45, 7) is 2.05. The molecule has 0 saturated heterocycles. The fraction of sp³-hybridized carbons (Fsp3) is 0.133. The lowest BCUT2D eigenvalue weighted by atomic mass is 10.2. The van der Waals surface area contributed by atoms with Gasteiger partial charge in [-0.15, -0.1) is 11.8 Å². The number of halogens is 2. The summed E-state index contributed by atoms with van der Waals surface area (Å²) >= 11 is 13.6. The van der Waals surface area contributed by atoms with Crippen molar-refractivity contribution in [1.29, 1.82) is 0 Å². The Kier molecular flexibility index (Phi) is 5.35. The lowest BCUT2D eigenvalue weighted by Crippen LogP contribution is -2.13. The second-order valence-electron chi connectivity index (χ2n) is 4.01. The van der Waals surface area contributed by atoms with Crippen molar-refractivity contribution < 1.29 is 4.79 Å². The Morgan fingerprint density at radius 3 is 2.70 bits per heavy atom. The fourth-order valence-electron chi connectivity index (χ4n) is 1.72. The highest BCUT2D eigenvalue weighted by molar-refractivity contribution is 7.99. The minimum absolute atomic E-state index is 0.189. The quantitative estimate of drug-likeness (QED) is 0.767. The molecule has 1 amide bonds. The van der Waals surface area contributed by atoms with Gasteiger partial charge in [0.05, 0.1) is 16.3 Å². The molecule has 20 heavy (non-hydrogen) atoms. The number of hydrogen-bond acceptors (Lipinski definition) is 2. The number of nitrogens with one attached hydrogen (secondary N) is 1. The van der Waals surface area contributed by atoms with Crippen LogP contribution in [0, 0.1) is 0 Å². The Morgan fingerprint density at radius 2 is 1.95 bits per heavy atom. The van der Waals surface area contributed by atoms with E-state index < -0.39 is 0 Å². The zero-order valence-electron chi connectivity index (χ0n) is 10.8. The second-order valence-corrected chi connectivity index (χ2v) is 6.16. The minimum atomic E-state index is -0.189. The molecule has 2 aromatic rings. The molecule has 0 aliphatic carbocycles. The maximum atomic E-state index is 12.3. The first-order valence-corrected chi connectivity index (χ1v) is 7.84. The Hall–Kier alpha value is -1.16. The molecule has 0 atom stereocenters. The summed E-state index contributed by atoms with van der Waals surface area (Å²) in [7, 11) is 0. The molecule has 0 aliphatic heterocycles. The summed E-state index contributed by atoms with van der Waals surface area (Å²) in [5, 5.41) is 3.79. The number of rotatable bonds is 4. The van der Waals surface area contributed by atoms with Crippen LogP contribution in [-0.2, 0) is 0 Å². The molecule has 2 rings (SSSR count). The molecule has 1 N–H and O–H groups in total. The number of benzene rings is 2. The highest BCUT2D eigenvalue weighted by Crippen LogP contribution is 2.27. The molecule has 104 valence electrons. The normalized spacial score (nSPS) is 10.3. The van der Waals surface area contributed by atoms with Crippen LogP contribution in [0.3, 0.4) is 0 Å². The lowest BCUT2D eigenvalue weighted by Gasteiger charge is -2.10. The summed E-state index contributed by atoms with van der Waals surface area (Å²) in [6.07, 6.45) is 0. The third-order valence-electron chi connectivity index (χ3n) is 2.61. The maximum Gasteiger partial charge on any atom is 0.256 e. The van der Waals surface area contributed by atoms with Gasteiger partial charge in [0, 0.05) is 9.92 Å². The van der Waals surface area contributed by atoms with Gasteiger partial charge in [-0.25, -0.2) is 0 Å². The highest BCUT2D eigenvalue weighted by atomic mass is 35.5. The average molecular weight is 326 g/mol. The van der Waals surface area contributed by atoms with E-state index in [0.717, 1.165) is 10.6 Å². The molecule has 2 nitrogen and oxygen atoms in total. The molecule has 5 heteroatoms. The number of thioether (sulfide) groups is 1. The smallest absolute Gasteiger partial charge is 0.256 e. The van der Waals surface area contributed by atoms with Crippen molar-refractivity contribution in [3.8, 4) is 0 Å². The molecule has 2 aromatic carbocycles. The van der Waals surface area contributed by atoms with Crippen LogP contribution in [0.5, 0.6) is 0 Å². The predicted octanol–water partition coefficient (Wildman–Crippen LogP) is 5.36. The largest absolute Gasteiger partial charge is 0.321 e. The zero-order valence-corrected chi connectivity index (χ0v) is 13.1. The van der Waals surface area contributed by atoms with Gasteiger partial charge in [-0.1, -0.05) is 42.3 Å². The lowest BCUT2D eigenvalue weighted by molar-refractivity contribution is 0.102. The molecule has 0 spiro atoms. The van der Waals surface area contributed by atoms with Crippen molar-refractivity contribution in [2.75, 3.05) is 11.1 Å². The van der Waals surface area contributed by atoms with Crippen LogP contribution in [0.2, 0.25) is 10.0 Å². The van der Waals surface area contributed by atoms with E-state index in [4.69, 9.17) is 23.2 Å². The van der Waals surface area contributed by atoms with Crippen molar-refractivity contribution >= 4 is 46.6 Å². The van der Waals surface area contributed by atoms with E-state index >= 15 is 0 Å². The predicted molar refractivity (Wildman–Crippen MR) is 87.3 cm³/mol. The van der Waals surface area contributed by atoms with E-state index in [1.165, 1.54) is 0 Å². The van der Waals surface area contributed by atoms with E-state index in [-0.39, 0.29) is 5.91 Å². The number of carbonyl (C=O) groups is 1. The third-order valence-corrected chi connectivity index (χ3v) is 4.13. The Morgan fingerprint density at radius 1 is 1.20 bits per heavy atom. The van der Waals surface area contributed by atoms with Gasteiger partial charge in [-0.2, -0.15) is 0 Å². The van der Waals surface area contributed by atoms with Gasteiger partial charge in [0.2, 0.25) is 0 Å². The minimum Gasteiger partial charge on any atom is -0.321 e. The molecule has 0 aliphatic rings. The van der Waals surface area contributed by atoms with Gasteiger partial charge in [-0.05, 0) is 36.1 Å². The van der Waals surface area contributed by atoms with Crippen molar-refractivity contribution in [2.24, 2.45) is 0 Å². The highest BCUT2D eigenvalue weighted by Gasteiger charge is 2.12. The van der Waals surface area contributed by atoms with Crippen LogP contribution < -0.4 is 5.32 Å². The van der Waals surface area contributed by atoms with Gasteiger partial charge < -0.3 is 5.32 Å². The topological polar surface area (TPSA) is 29.1 Å². The van der Waals surface area contributed by atoms with Crippen molar-refractivity contribution in [3.05, 3.63) is 58.1 Å². The molecule has 0 unspecified atom stereocenters. The van der Waals surface area contributed by atoms with E-state index in [1.807, 2.05) is 25.1 Å². The van der Waals surface area contributed by atoms with Crippen LogP contribution in [-0.4, -0.2) is 11.7 Å². The molecular weight excluding hydrogens is 313 g/mol. The molecule has 0 aromatic heterocycles. The summed E-state index contributed by atoms with van der Waals surface area (Å²) in [5.41, 5.74) is 1.15. The van der Waals surface area contributed by atoms with Gasteiger partial charge >= 0.3 is 0 Å². The zero-order chi connectivity index (χ0) is 14.5. The first-order valence-electron chi connectivity index (χ1n) is 6.10. The van der Waals surface area contributed by atoms with E-state index in [2.05, 4.69) is 5.32 Å².